The highest BCUT2D eigenvalue weighted by Gasteiger charge is 2.43. The summed E-state index contributed by atoms with van der Waals surface area (Å²) in [5.41, 5.74) is 7.80. The van der Waals surface area contributed by atoms with Crippen LogP contribution in [0.3, 0.4) is 0 Å². The van der Waals surface area contributed by atoms with Crippen molar-refractivity contribution >= 4 is 28.8 Å². The predicted molar refractivity (Wildman–Crippen MR) is 69.8 cm³/mol. The Morgan fingerprint density at radius 1 is 1.56 bits per heavy atom. The van der Waals surface area contributed by atoms with Gasteiger partial charge in [-0.3, -0.25) is 4.68 Å². The molecular formula is C11H16ClN3S. The number of hydrogen-bond acceptors (Lipinski definition) is 2. The van der Waals surface area contributed by atoms with Gasteiger partial charge in [-0.25, -0.2) is 0 Å². The van der Waals surface area contributed by atoms with Gasteiger partial charge in [-0.15, -0.1) is 0 Å². The average molecular weight is 258 g/mol. The van der Waals surface area contributed by atoms with E-state index in [1.165, 1.54) is 12.8 Å². The number of aromatic nitrogens is 2. The van der Waals surface area contributed by atoms with E-state index in [2.05, 4.69) is 5.10 Å². The fourth-order valence-electron chi connectivity index (χ4n) is 2.08. The summed E-state index contributed by atoms with van der Waals surface area (Å²) in [6.07, 6.45) is 3.18. The summed E-state index contributed by atoms with van der Waals surface area (Å²) in [6, 6.07) is 0. The second kappa shape index (κ2) is 4.00. The summed E-state index contributed by atoms with van der Waals surface area (Å²) in [7, 11) is 0. The molecule has 5 heteroatoms. The highest BCUT2D eigenvalue weighted by molar-refractivity contribution is 7.80. The third-order valence-corrected chi connectivity index (χ3v) is 3.98. The van der Waals surface area contributed by atoms with Crippen molar-refractivity contribution in [2.24, 2.45) is 11.1 Å². The van der Waals surface area contributed by atoms with Crippen molar-refractivity contribution in [3.63, 3.8) is 0 Å². The Morgan fingerprint density at radius 2 is 2.19 bits per heavy atom. The maximum Gasteiger partial charge on any atom is 0.0844 e. The molecule has 16 heavy (non-hydrogen) atoms. The summed E-state index contributed by atoms with van der Waals surface area (Å²) in [6.45, 7) is 4.81. The molecular weight excluding hydrogens is 242 g/mol. The Morgan fingerprint density at radius 3 is 2.56 bits per heavy atom. The lowest BCUT2D eigenvalue weighted by molar-refractivity contribution is 0.404. The second-order valence-corrected chi connectivity index (χ2v) is 5.69. The molecule has 1 saturated carbocycles. The van der Waals surface area contributed by atoms with Crippen LogP contribution in [0.5, 0.6) is 0 Å². The predicted octanol–water partition coefficient (Wildman–Crippen LogP) is 2.61. The zero-order valence-electron chi connectivity index (χ0n) is 9.59. The first-order valence-electron chi connectivity index (χ1n) is 5.41. The van der Waals surface area contributed by atoms with Crippen LogP contribution in [-0.2, 0) is 6.54 Å². The van der Waals surface area contributed by atoms with Gasteiger partial charge in [0.2, 0.25) is 0 Å². The molecule has 0 aromatic carbocycles. The van der Waals surface area contributed by atoms with Crippen molar-refractivity contribution in [3.05, 3.63) is 16.4 Å². The molecule has 1 heterocycles. The Bertz CT molecular complexity index is 435. The van der Waals surface area contributed by atoms with E-state index in [9.17, 15) is 0 Å². The molecule has 1 aromatic rings. The molecule has 1 fully saturated rings. The van der Waals surface area contributed by atoms with Gasteiger partial charge in [-0.1, -0.05) is 23.8 Å². The molecule has 0 bridgehead atoms. The Balaban J connectivity index is 2.15. The van der Waals surface area contributed by atoms with E-state index in [0.29, 0.717) is 4.99 Å². The van der Waals surface area contributed by atoms with Crippen LogP contribution >= 0.6 is 23.8 Å². The smallest absolute Gasteiger partial charge is 0.0844 e. The summed E-state index contributed by atoms with van der Waals surface area (Å²) in [5, 5.41) is 5.21. The Hall–Kier alpha value is -0.610. The van der Waals surface area contributed by atoms with Crippen LogP contribution in [0.4, 0.5) is 0 Å². The molecule has 1 aliphatic rings. The van der Waals surface area contributed by atoms with Crippen LogP contribution in [-0.4, -0.2) is 14.8 Å². The highest BCUT2D eigenvalue weighted by Crippen LogP contribution is 2.50. The van der Waals surface area contributed by atoms with E-state index in [1.54, 1.807) is 0 Å². The lowest BCUT2D eigenvalue weighted by Crippen LogP contribution is -2.21. The number of nitrogens with zero attached hydrogens (tertiary/aromatic N) is 2. The number of nitrogens with two attached hydrogens (primary N) is 1. The van der Waals surface area contributed by atoms with Crippen LogP contribution in [0.1, 0.15) is 30.7 Å². The minimum atomic E-state index is 0.248. The molecule has 0 spiro atoms. The van der Waals surface area contributed by atoms with E-state index in [-0.39, 0.29) is 5.41 Å². The Kier molecular flexibility index (Phi) is 2.97. The molecule has 0 radical (unpaired) electrons. The molecule has 0 saturated heterocycles. The highest BCUT2D eigenvalue weighted by atomic mass is 35.5. The van der Waals surface area contributed by atoms with Crippen LogP contribution in [0.15, 0.2) is 0 Å². The van der Waals surface area contributed by atoms with Gasteiger partial charge in [-0.05, 0) is 32.1 Å². The molecule has 2 rings (SSSR count). The van der Waals surface area contributed by atoms with Crippen molar-refractivity contribution in [3.8, 4) is 0 Å². The van der Waals surface area contributed by atoms with Gasteiger partial charge >= 0.3 is 0 Å². The fourth-order valence-corrected chi connectivity index (χ4v) is 2.53. The van der Waals surface area contributed by atoms with E-state index in [4.69, 9.17) is 29.6 Å². The van der Waals surface area contributed by atoms with Gasteiger partial charge in [0.25, 0.3) is 0 Å². The first-order chi connectivity index (χ1) is 7.43. The SMILES string of the molecule is Cc1nn(CC2(CC(N)=S)CC2)c(C)c1Cl. The third-order valence-electron chi connectivity index (χ3n) is 3.28. The van der Waals surface area contributed by atoms with Gasteiger partial charge < -0.3 is 5.73 Å². The molecule has 88 valence electrons. The van der Waals surface area contributed by atoms with Crippen molar-refractivity contribution in [1.29, 1.82) is 0 Å². The molecule has 0 aliphatic heterocycles. The molecule has 1 aliphatic carbocycles. The molecule has 3 nitrogen and oxygen atoms in total. The van der Waals surface area contributed by atoms with E-state index >= 15 is 0 Å². The lowest BCUT2D eigenvalue weighted by Gasteiger charge is -2.15. The zero-order chi connectivity index (χ0) is 11.9. The van der Waals surface area contributed by atoms with E-state index < -0.39 is 0 Å². The molecule has 2 N–H and O–H groups in total. The summed E-state index contributed by atoms with van der Waals surface area (Å²) >= 11 is 11.1. The van der Waals surface area contributed by atoms with Crippen LogP contribution in [0.25, 0.3) is 0 Å². The summed E-state index contributed by atoms with van der Waals surface area (Å²) in [5.74, 6) is 0. The average Bonchev–Trinajstić information content (AvgIpc) is 2.88. The fraction of sp³-hybridized carbons (Fsp3) is 0.636. The summed E-state index contributed by atoms with van der Waals surface area (Å²) < 4.78 is 1.99. The monoisotopic (exact) mass is 257 g/mol. The normalized spacial score (nSPS) is 17.4. The van der Waals surface area contributed by atoms with Crippen molar-refractivity contribution in [2.45, 2.75) is 39.7 Å². The molecule has 0 atom stereocenters. The lowest BCUT2D eigenvalue weighted by atomic mass is 10.0. The standard InChI is InChI=1S/C11H16ClN3S/c1-7-10(12)8(2)15(14-7)6-11(3-4-11)5-9(13)16/h3-6H2,1-2H3,(H2,13,16). The van der Waals surface area contributed by atoms with Gasteiger partial charge in [0.15, 0.2) is 0 Å². The van der Waals surface area contributed by atoms with Gasteiger partial charge in [0.05, 0.1) is 21.4 Å². The zero-order valence-corrected chi connectivity index (χ0v) is 11.2. The maximum absolute atomic E-state index is 6.12. The third kappa shape index (κ3) is 2.23. The van der Waals surface area contributed by atoms with Gasteiger partial charge in [0, 0.05) is 13.0 Å². The van der Waals surface area contributed by atoms with Crippen molar-refractivity contribution in [2.75, 3.05) is 0 Å². The number of hydrogen-bond donors (Lipinski definition) is 1. The summed E-state index contributed by atoms with van der Waals surface area (Å²) in [4.78, 5) is 0.602. The minimum absolute atomic E-state index is 0.248. The van der Waals surface area contributed by atoms with Gasteiger partial charge in [-0.2, -0.15) is 5.10 Å². The molecule has 1 aromatic heterocycles. The van der Waals surface area contributed by atoms with E-state index in [1.807, 2.05) is 18.5 Å². The first kappa shape index (κ1) is 11.9. The largest absolute Gasteiger partial charge is 0.393 e. The minimum Gasteiger partial charge on any atom is -0.393 e. The Labute approximate surface area is 106 Å². The van der Waals surface area contributed by atoms with Crippen LogP contribution in [0.2, 0.25) is 5.02 Å². The molecule has 0 unspecified atom stereocenters. The quantitative estimate of drug-likeness (QED) is 0.844. The topological polar surface area (TPSA) is 43.8 Å². The number of aryl methyl sites for hydroxylation is 1. The molecule has 0 amide bonds. The van der Waals surface area contributed by atoms with Crippen molar-refractivity contribution in [1.82, 2.24) is 9.78 Å². The van der Waals surface area contributed by atoms with Gasteiger partial charge in [0.1, 0.15) is 0 Å². The number of rotatable bonds is 4. The van der Waals surface area contributed by atoms with E-state index in [0.717, 1.165) is 29.4 Å². The first-order valence-corrected chi connectivity index (χ1v) is 6.20. The van der Waals surface area contributed by atoms with Crippen LogP contribution < -0.4 is 5.73 Å². The second-order valence-electron chi connectivity index (χ2n) is 4.79. The number of halogens is 1. The van der Waals surface area contributed by atoms with Crippen LogP contribution in [0, 0.1) is 19.3 Å². The number of thiocarbonyl (C=S) groups is 1. The van der Waals surface area contributed by atoms with Crippen molar-refractivity contribution < 1.29 is 0 Å². The maximum atomic E-state index is 6.12.